The van der Waals surface area contributed by atoms with Gasteiger partial charge in [0.15, 0.2) is 0 Å². The van der Waals surface area contributed by atoms with Crippen LogP contribution in [0.2, 0.25) is 0 Å². The van der Waals surface area contributed by atoms with Gasteiger partial charge in [0.2, 0.25) is 10.0 Å². The molecule has 0 aromatic heterocycles. The van der Waals surface area contributed by atoms with E-state index in [9.17, 15) is 13.2 Å². The number of rotatable bonds is 5. The van der Waals surface area contributed by atoms with Crippen LogP contribution in [0.3, 0.4) is 0 Å². The molecular weight excluding hydrogens is 316 g/mol. The Labute approximate surface area is 136 Å². The molecule has 1 aliphatic heterocycles. The summed E-state index contributed by atoms with van der Waals surface area (Å²) >= 11 is 0. The molecular formula is C16H20N2O4S. The van der Waals surface area contributed by atoms with E-state index >= 15 is 0 Å². The number of nitrogens with zero attached hydrogens (tertiary/aromatic N) is 2. The molecule has 0 bridgehead atoms. The molecule has 1 fully saturated rings. The number of nitriles is 1. The Bertz CT molecular complexity index is 709. The zero-order valence-electron chi connectivity index (χ0n) is 13.1. The van der Waals surface area contributed by atoms with Gasteiger partial charge in [0.25, 0.3) is 0 Å². The fourth-order valence-corrected chi connectivity index (χ4v) is 4.49. The number of hydrogen-bond donors (Lipinski definition) is 0. The lowest BCUT2D eigenvalue weighted by molar-refractivity contribution is -0.148. The maximum absolute atomic E-state index is 12.7. The molecule has 7 heteroatoms. The lowest BCUT2D eigenvalue weighted by Crippen LogP contribution is -2.48. The molecule has 1 unspecified atom stereocenters. The number of carbonyl (C=O) groups excluding carboxylic acids is 1. The Kier molecular flexibility index (Phi) is 5.74. The Hall–Kier alpha value is -1.91. The predicted molar refractivity (Wildman–Crippen MR) is 84.8 cm³/mol. The van der Waals surface area contributed by atoms with Gasteiger partial charge >= 0.3 is 5.97 Å². The molecule has 0 spiro atoms. The van der Waals surface area contributed by atoms with Crippen LogP contribution in [0.4, 0.5) is 0 Å². The van der Waals surface area contributed by atoms with Gasteiger partial charge in [-0.3, -0.25) is 4.79 Å². The van der Waals surface area contributed by atoms with E-state index in [0.29, 0.717) is 24.1 Å². The molecule has 0 saturated carbocycles. The van der Waals surface area contributed by atoms with Crippen molar-refractivity contribution < 1.29 is 17.9 Å². The normalized spacial score (nSPS) is 19.0. The van der Waals surface area contributed by atoms with Crippen molar-refractivity contribution in [1.82, 2.24) is 4.31 Å². The molecule has 23 heavy (non-hydrogen) atoms. The van der Waals surface area contributed by atoms with Crippen molar-refractivity contribution in [1.29, 1.82) is 5.26 Å². The van der Waals surface area contributed by atoms with Gasteiger partial charge in [-0.15, -0.1) is 0 Å². The lowest BCUT2D eigenvalue weighted by atomic mass is 10.1. The van der Waals surface area contributed by atoms with Crippen LogP contribution in [0.1, 0.15) is 37.3 Å². The van der Waals surface area contributed by atoms with E-state index in [4.69, 9.17) is 10.00 Å². The third kappa shape index (κ3) is 4.30. The van der Waals surface area contributed by atoms with Crippen molar-refractivity contribution in [3.05, 3.63) is 35.4 Å². The number of sulfonamides is 1. The molecule has 1 heterocycles. The van der Waals surface area contributed by atoms with E-state index in [1.165, 1.54) is 4.31 Å². The Morgan fingerprint density at radius 2 is 2.22 bits per heavy atom. The van der Waals surface area contributed by atoms with Crippen LogP contribution >= 0.6 is 0 Å². The van der Waals surface area contributed by atoms with Gasteiger partial charge < -0.3 is 4.74 Å². The largest absolute Gasteiger partial charge is 0.465 e. The summed E-state index contributed by atoms with van der Waals surface area (Å²) in [4.78, 5) is 12.0. The summed E-state index contributed by atoms with van der Waals surface area (Å²) in [7, 11) is -3.65. The minimum atomic E-state index is -3.65. The standard InChI is InChI=1S/C16H20N2O4S/c1-2-22-16(19)15-8-3-4-9-18(15)23(20,21)12-14-7-5-6-13(10-14)11-17/h5-7,10,15H,2-4,8-9,12H2,1H3. The van der Waals surface area contributed by atoms with Crippen LogP contribution in [0.15, 0.2) is 24.3 Å². The van der Waals surface area contributed by atoms with E-state index in [2.05, 4.69) is 0 Å². The highest BCUT2D eigenvalue weighted by molar-refractivity contribution is 7.88. The second-order valence-electron chi connectivity index (χ2n) is 5.44. The molecule has 2 rings (SSSR count). The summed E-state index contributed by atoms with van der Waals surface area (Å²) in [5.41, 5.74) is 0.954. The highest BCUT2D eigenvalue weighted by Crippen LogP contribution is 2.24. The van der Waals surface area contributed by atoms with Crippen molar-refractivity contribution in [2.45, 2.75) is 38.0 Å². The average Bonchev–Trinajstić information content (AvgIpc) is 2.55. The Balaban J connectivity index is 2.22. The molecule has 1 saturated heterocycles. The number of ether oxygens (including phenoxy) is 1. The number of esters is 1. The summed E-state index contributed by atoms with van der Waals surface area (Å²) < 4.78 is 31.7. The predicted octanol–water partition coefficient (Wildman–Crippen LogP) is 1.81. The quantitative estimate of drug-likeness (QED) is 0.765. The first-order valence-electron chi connectivity index (χ1n) is 7.63. The maximum atomic E-state index is 12.7. The van der Waals surface area contributed by atoms with Gasteiger partial charge in [0, 0.05) is 6.54 Å². The van der Waals surface area contributed by atoms with Gasteiger partial charge in [-0.1, -0.05) is 12.1 Å². The van der Waals surface area contributed by atoms with E-state index < -0.39 is 22.0 Å². The van der Waals surface area contributed by atoms with E-state index in [1.54, 1.807) is 31.2 Å². The molecule has 0 N–H and O–H groups in total. The number of benzene rings is 1. The molecule has 0 aliphatic carbocycles. The third-order valence-electron chi connectivity index (χ3n) is 3.77. The highest BCUT2D eigenvalue weighted by Gasteiger charge is 2.37. The first kappa shape index (κ1) is 17.4. The molecule has 124 valence electrons. The number of hydrogen-bond acceptors (Lipinski definition) is 5. The Morgan fingerprint density at radius 3 is 2.91 bits per heavy atom. The second kappa shape index (κ2) is 7.57. The van der Waals surface area contributed by atoms with E-state index in [-0.39, 0.29) is 12.4 Å². The third-order valence-corrected chi connectivity index (χ3v) is 5.62. The van der Waals surface area contributed by atoms with Crippen molar-refractivity contribution in [3.8, 4) is 6.07 Å². The topological polar surface area (TPSA) is 87.5 Å². The molecule has 1 atom stereocenters. The minimum absolute atomic E-state index is 0.224. The number of piperidine rings is 1. The van der Waals surface area contributed by atoms with Gasteiger partial charge in [0.05, 0.1) is 24.0 Å². The molecule has 1 aliphatic rings. The highest BCUT2D eigenvalue weighted by atomic mass is 32.2. The van der Waals surface area contributed by atoms with Crippen LogP contribution in [0, 0.1) is 11.3 Å². The van der Waals surface area contributed by atoms with Gasteiger partial charge in [-0.2, -0.15) is 9.57 Å². The van der Waals surface area contributed by atoms with Crippen molar-refractivity contribution in [2.24, 2.45) is 0 Å². The van der Waals surface area contributed by atoms with Crippen LogP contribution in [0.5, 0.6) is 0 Å². The average molecular weight is 336 g/mol. The minimum Gasteiger partial charge on any atom is -0.465 e. The van der Waals surface area contributed by atoms with Gasteiger partial charge in [-0.05, 0) is 43.9 Å². The first-order valence-corrected chi connectivity index (χ1v) is 9.24. The summed E-state index contributed by atoms with van der Waals surface area (Å²) in [6.07, 6.45) is 2.02. The SMILES string of the molecule is CCOC(=O)C1CCCCN1S(=O)(=O)Cc1cccc(C#N)c1. The molecule has 0 amide bonds. The molecule has 6 nitrogen and oxygen atoms in total. The zero-order valence-corrected chi connectivity index (χ0v) is 13.9. The van der Waals surface area contributed by atoms with Crippen molar-refractivity contribution >= 4 is 16.0 Å². The fraction of sp³-hybridized carbons (Fsp3) is 0.500. The zero-order chi connectivity index (χ0) is 16.9. The van der Waals surface area contributed by atoms with Crippen LogP contribution in [-0.4, -0.2) is 37.9 Å². The van der Waals surface area contributed by atoms with Crippen molar-refractivity contribution in [2.75, 3.05) is 13.2 Å². The number of carbonyl (C=O) groups is 1. The van der Waals surface area contributed by atoms with Crippen LogP contribution in [-0.2, 0) is 25.3 Å². The monoisotopic (exact) mass is 336 g/mol. The van der Waals surface area contributed by atoms with Crippen LogP contribution < -0.4 is 0 Å². The first-order chi connectivity index (χ1) is 11.0. The van der Waals surface area contributed by atoms with E-state index in [1.807, 2.05) is 6.07 Å². The second-order valence-corrected chi connectivity index (χ2v) is 7.36. The molecule has 0 radical (unpaired) electrons. The summed E-state index contributed by atoms with van der Waals surface area (Å²) in [5, 5.41) is 8.91. The van der Waals surface area contributed by atoms with Gasteiger partial charge in [-0.25, -0.2) is 8.42 Å². The summed E-state index contributed by atoms with van der Waals surface area (Å²) in [5.74, 6) is -0.708. The van der Waals surface area contributed by atoms with Crippen molar-refractivity contribution in [3.63, 3.8) is 0 Å². The smallest absolute Gasteiger partial charge is 0.324 e. The maximum Gasteiger partial charge on any atom is 0.324 e. The summed E-state index contributed by atoms with van der Waals surface area (Å²) in [6, 6.07) is 7.75. The molecule has 1 aromatic rings. The van der Waals surface area contributed by atoms with Crippen LogP contribution in [0.25, 0.3) is 0 Å². The van der Waals surface area contributed by atoms with Gasteiger partial charge in [0.1, 0.15) is 6.04 Å². The Morgan fingerprint density at radius 1 is 1.43 bits per heavy atom. The van der Waals surface area contributed by atoms with E-state index in [0.717, 1.165) is 12.8 Å². The summed E-state index contributed by atoms with van der Waals surface area (Å²) in [6.45, 7) is 2.25. The molecule has 1 aromatic carbocycles. The lowest BCUT2D eigenvalue weighted by Gasteiger charge is -2.33. The fourth-order valence-electron chi connectivity index (χ4n) is 2.74.